The first-order valence-corrected chi connectivity index (χ1v) is 6.68. The maximum Gasteiger partial charge on any atom is 0.288 e. The van der Waals surface area contributed by atoms with Gasteiger partial charge >= 0.3 is 0 Å². The Morgan fingerprint density at radius 3 is 2.78 bits per heavy atom. The number of nitro groups is 1. The van der Waals surface area contributed by atoms with Gasteiger partial charge < -0.3 is 20.6 Å². The van der Waals surface area contributed by atoms with Gasteiger partial charge in [0, 0.05) is 6.07 Å². The molecular formula is C14H16N4O5. The van der Waals surface area contributed by atoms with Crippen molar-refractivity contribution >= 4 is 17.4 Å². The summed E-state index contributed by atoms with van der Waals surface area (Å²) in [5.74, 6) is 0.167. The Labute approximate surface area is 131 Å². The topological polar surface area (TPSA) is 145 Å². The number of carbonyl (C=O) groups is 1. The highest BCUT2D eigenvalue weighted by Crippen LogP contribution is 2.25. The van der Waals surface area contributed by atoms with Crippen molar-refractivity contribution in [3.05, 3.63) is 51.6 Å². The first-order chi connectivity index (χ1) is 10.7. The molecular weight excluding hydrogens is 304 g/mol. The van der Waals surface area contributed by atoms with Gasteiger partial charge in [-0.2, -0.15) is 0 Å². The van der Waals surface area contributed by atoms with Crippen molar-refractivity contribution in [1.82, 2.24) is 4.98 Å². The average Bonchev–Trinajstić information content (AvgIpc) is 2.92. The van der Waals surface area contributed by atoms with E-state index in [2.05, 4.69) is 10.3 Å². The summed E-state index contributed by atoms with van der Waals surface area (Å²) in [7, 11) is 0. The lowest BCUT2D eigenvalue weighted by Crippen LogP contribution is -2.31. The minimum absolute atomic E-state index is 0.0367. The SMILES string of the molecule is Cc1ccc(C(C)(O)CNc2ncc([N+](=O)[O-])cc2C(N)=O)o1. The van der Waals surface area contributed by atoms with Crippen LogP contribution in [0.15, 0.2) is 28.8 Å². The third-order valence-corrected chi connectivity index (χ3v) is 3.22. The Hall–Kier alpha value is -2.94. The van der Waals surface area contributed by atoms with Crippen molar-refractivity contribution in [3.8, 4) is 0 Å². The van der Waals surface area contributed by atoms with Crippen LogP contribution in [-0.4, -0.2) is 27.5 Å². The van der Waals surface area contributed by atoms with Gasteiger partial charge in [0.25, 0.3) is 11.6 Å². The van der Waals surface area contributed by atoms with E-state index in [0.29, 0.717) is 11.5 Å². The summed E-state index contributed by atoms with van der Waals surface area (Å²) in [5, 5.41) is 23.9. The highest BCUT2D eigenvalue weighted by atomic mass is 16.6. The molecule has 0 bridgehead atoms. The number of nitrogens with two attached hydrogens (primary N) is 1. The molecule has 0 saturated heterocycles. The number of primary amides is 1. The van der Waals surface area contributed by atoms with Crippen molar-refractivity contribution in [2.24, 2.45) is 5.73 Å². The van der Waals surface area contributed by atoms with Crippen molar-refractivity contribution in [2.45, 2.75) is 19.4 Å². The Bertz CT molecular complexity index is 753. The van der Waals surface area contributed by atoms with Crippen LogP contribution in [0.25, 0.3) is 0 Å². The number of hydrogen-bond acceptors (Lipinski definition) is 7. The number of amides is 1. The summed E-state index contributed by atoms with van der Waals surface area (Å²) in [6, 6.07) is 4.38. The molecule has 0 spiro atoms. The van der Waals surface area contributed by atoms with Crippen LogP contribution >= 0.6 is 0 Å². The number of hydrogen-bond donors (Lipinski definition) is 3. The van der Waals surface area contributed by atoms with Gasteiger partial charge in [0.1, 0.15) is 29.1 Å². The van der Waals surface area contributed by atoms with Gasteiger partial charge in [0.2, 0.25) is 0 Å². The fourth-order valence-corrected chi connectivity index (χ4v) is 1.95. The third kappa shape index (κ3) is 3.64. The molecule has 0 aromatic carbocycles. The maximum absolute atomic E-state index is 11.4. The Morgan fingerprint density at radius 2 is 2.26 bits per heavy atom. The van der Waals surface area contributed by atoms with Crippen LogP contribution in [0.3, 0.4) is 0 Å². The molecule has 0 fully saturated rings. The summed E-state index contributed by atoms with van der Waals surface area (Å²) >= 11 is 0. The standard InChI is InChI=1S/C14H16N4O5/c1-8-3-4-11(23-8)14(2,20)7-17-13-10(12(15)19)5-9(6-16-13)18(21)22/h3-6,20H,7H2,1-2H3,(H2,15,19)(H,16,17). The summed E-state index contributed by atoms with van der Waals surface area (Å²) in [4.78, 5) is 25.3. The van der Waals surface area contributed by atoms with Crippen LogP contribution in [0, 0.1) is 17.0 Å². The predicted molar refractivity (Wildman–Crippen MR) is 80.9 cm³/mol. The van der Waals surface area contributed by atoms with Crippen LogP contribution in [-0.2, 0) is 5.60 Å². The number of aliphatic hydroxyl groups is 1. The van der Waals surface area contributed by atoms with E-state index in [1.807, 2.05) is 0 Å². The van der Waals surface area contributed by atoms with E-state index >= 15 is 0 Å². The number of nitrogens with zero attached hydrogens (tertiary/aromatic N) is 2. The van der Waals surface area contributed by atoms with Gasteiger partial charge in [0.15, 0.2) is 0 Å². The van der Waals surface area contributed by atoms with Crippen molar-refractivity contribution < 1.29 is 19.2 Å². The average molecular weight is 320 g/mol. The zero-order valence-corrected chi connectivity index (χ0v) is 12.6. The van der Waals surface area contributed by atoms with E-state index in [9.17, 15) is 20.0 Å². The molecule has 1 amide bonds. The molecule has 0 radical (unpaired) electrons. The quantitative estimate of drug-likeness (QED) is 0.537. The van der Waals surface area contributed by atoms with Gasteiger partial charge in [-0.1, -0.05) is 0 Å². The highest BCUT2D eigenvalue weighted by Gasteiger charge is 2.27. The number of pyridine rings is 1. The molecule has 1 atom stereocenters. The first kappa shape index (κ1) is 16.4. The Balaban J connectivity index is 2.23. The highest BCUT2D eigenvalue weighted by molar-refractivity contribution is 5.98. The second-order valence-electron chi connectivity index (χ2n) is 5.25. The number of anilines is 1. The lowest BCUT2D eigenvalue weighted by Gasteiger charge is -2.22. The van der Waals surface area contributed by atoms with Gasteiger partial charge in [-0.05, 0) is 26.0 Å². The van der Waals surface area contributed by atoms with Crippen molar-refractivity contribution in [2.75, 3.05) is 11.9 Å². The largest absolute Gasteiger partial charge is 0.463 e. The zero-order valence-electron chi connectivity index (χ0n) is 12.6. The summed E-state index contributed by atoms with van der Waals surface area (Å²) in [6.45, 7) is 3.23. The molecule has 23 heavy (non-hydrogen) atoms. The van der Waals surface area contributed by atoms with E-state index in [1.54, 1.807) is 19.1 Å². The number of aryl methyl sites for hydroxylation is 1. The fraction of sp³-hybridized carbons (Fsp3) is 0.286. The van der Waals surface area contributed by atoms with Crippen molar-refractivity contribution in [3.63, 3.8) is 0 Å². The zero-order chi connectivity index (χ0) is 17.2. The minimum atomic E-state index is -1.37. The number of nitrogens with one attached hydrogen (secondary N) is 1. The second kappa shape index (κ2) is 6.05. The lowest BCUT2D eigenvalue weighted by atomic mass is 10.0. The fourth-order valence-electron chi connectivity index (χ4n) is 1.95. The molecule has 2 heterocycles. The summed E-state index contributed by atoms with van der Waals surface area (Å²) < 4.78 is 5.37. The van der Waals surface area contributed by atoms with Gasteiger partial charge in [0.05, 0.1) is 17.0 Å². The molecule has 1 unspecified atom stereocenters. The maximum atomic E-state index is 11.4. The smallest absolute Gasteiger partial charge is 0.288 e. The minimum Gasteiger partial charge on any atom is -0.463 e. The number of aromatic nitrogens is 1. The number of rotatable bonds is 6. The van der Waals surface area contributed by atoms with Crippen LogP contribution in [0.5, 0.6) is 0 Å². The molecule has 0 aliphatic heterocycles. The Kier molecular flexibility index (Phi) is 4.32. The lowest BCUT2D eigenvalue weighted by molar-refractivity contribution is -0.385. The van der Waals surface area contributed by atoms with E-state index in [1.165, 1.54) is 6.92 Å². The first-order valence-electron chi connectivity index (χ1n) is 6.68. The van der Waals surface area contributed by atoms with Crippen LogP contribution in [0.4, 0.5) is 11.5 Å². The van der Waals surface area contributed by atoms with E-state index in [-0.39, 0.29) is 23.6 Å². The van der Waals surface area contributed by atoms with Gasteiger partial charge in [-0.25, -0.2) is 4.98 Å². The molecule has 2 aromatic heterocycles. The number of carbonyl (C=O) groups excluding carboxylic acids is 1. The third-order valence-electron chi connectivity index (χ3n) is 3.22. The van der Waals surface area contributed by atoms with Crippen LogP contribution in [0.2, 0.25) is 0 Å². The Morgan fingerprint density at radius 1 is 1.57 bits per heavy atom. The monoisotopic (exact) mass is 320 g/mol. The van der Waals surface area contributed by atoms with Crippen LogP contribution < -0.4 is 11.1 Å². The van der Waals surface area contributed by atoms with E-state index in [4.69, 9.17) is 10.2 Å². The molecule has 0 saturated carbocycles. The molecule has 4 N–H and O–H groups in total. The molecule has 2 aromatic rings. The number of furan rings is 1. The normalized spacial score (nSPS) is 13.3. The van der Waals surface area contributed by atoms with Crippen molar-refractivity contribution in [1.29, 1.82) is 0 Å². The predicted octanol–water partition coefficient (Wildman–Crippen LogP) is 1.31. The van der Waals surface area contributed by atoms with Crippen LogP contribution in [0.1, 0.15) is 28.8 Å². The molecule has 0 aliphatic carbocycles. The summed E-state index contributed by atoms with van der Waals surface area (Å²) in [5.41, 5.74) is 3.36. The molecule has 122 valence electrons. The molecule has 9 heteroatoms. The second-order valence-corrected chi connectivity index (χ2v) is 5.25. The van der Waals surface area contributed by atoms with E-state index in [0.717, 1.165) is 12.3 Å². The molecule has 9 nitrogen and oxygen atoms in total. The summed E-state index contributed by atoms with van der Waals surface area (Å²) in [6.07, 6.45) is 1.00. The van der Waals surface area contributed by atoms with Gasteiger partial charge in [-0.3, -0.25) is 14.9 Å². The van der Waals surface area contributed by atoms with Gasteiger partial charge in [-0.15, -0.1) is 0 Å². The molecule has 0 aliphatic rings. The van der Waals surface area contributed by atoms with E-state index < -0.39 is 16.4 Å². The molecule has 2 rings (SSSR count).